The molecule has 0 fully saturated rings. The molecule has 1 heterocycles. The number of nitriles is 1. The van der Waals surface area contributed by atoms with Crippen molar-refractivity contribution in [3.05, 3.63) is 56.5 Å². The van der Waals surface area contributed by atoms with Gasteiger partial charge in [0.1, 0.15) is 0 Å². The van der Waals surface area contributed by atoms with Crippen LogP contribution in [0, 0.1) is 18.3 Å². The van der Waals surface area contributed by atoms with Crippen molar-refractivity contribution in [1.29, 1.82) is 5.26 Å². The molecule has 1 N–H and O–H groups in total. The fraction of sp³-hybridized carbons (Fsp3) is 0.154. The largest absolute Gasteiger partial charge is 0.301 e. The van der Waals surface area contributed by atoms with E-state index in [9.17, 15) is 4.79 Å². The van der Waals surface area contributed by atoms with Crippen molar-refractivity contribution < 1.29 is 0 Å². The number of aromatic amines is 1. The molecule has 0 radical (unpaired) electrons. The van der Waals surface area contributed by atoms with E-state index in [0.29, 0.717) is 27.2 Å². The van der Waals surface area contributed by atoms with Gasteiger partial charge in [0.2, 0.25) is 0 Å². The van der Waals surface area contributed by atoms with Crippen molar-refractivity contribution in [3.63, 3.8) is 0 Å². The summed E-state index contributed by atoms with van der Waals surface area (Å²) in [5.74, 6) is 0.542. The summed E-state index contributed by atoms with van der Waals surface area (Å²) in [5.41, 5.74) is 1.90. The molecule has 0 aliphatic heterocycles. The number of H-pyrrole nitrogens is 1. The molecule has 2 aromatic rings. The summed E-state index contributed by atoms with van der Waals surface area (Å²) in [5, 5.41) is 9.99. The van der Waals surface area contributed by atoms with Crippen molar-refractivity contribution >= 4 is 23.4 Å². The highest BCUT2D eigenvalue weighted by molar-refractivity contribution is 7.98. The van der Waals surface area contributed by atoms with Crippen LogP contribution in [0.2, 0.25) is 5.02 Å². The Labute approximate surface area is 119 Å². The van der Waals surface area contributed by atoms with E-state index in [4.69, 9.17) is 16.9 Å². The van der Waals surface area contributed by atoms with E-state index in [1.165, 1.54) is 17.8 Å². The van der Waals surface area contributed by atoms with Gasteiger partial charge in [0.05, 0.1) is 11.6 Å². The van der Waals surface area contributed by atoms with Crippen LogP contribution in [0.3, 0.4) is 0 Å². The summed E-state index contributed by atoms with van der Waals surface area (Å²) in [4.78, 5) is 18.2. The Morgan fingerprint density at radius 1 is 1.47 bits per heavy atom. The number of aryl methyl sites for hydroxylation is 1. The van der Waals surface area contributed by atoms with Gasteiger partial charge in [-0.1, -0.05) is 23.4 Å². The number of nitrogens with one attached hydrogen (secondary N) is 1. The van der Waals surface area contributed by atoms with E-state index >= 15 is 0 Å². The summed E-state index contributed by atoms with van der Waals surface area (Å²) in [6, 6.07) is 8.61. The predicted molar refractivity (Wildman–Crippen MR) is 75.3 cm³/mol. The van der Waals surface area contributed by atoms with Crippen LogP contribution in [0.25, 0.3) is 0 Å². The summed E-state index contributed by atoms with van der Waals surface area (Å²) < 4.78 is 0. The highest BCUT2D eigenvalue weighted by atomic mass is 35.5. The van der Waals surface area contributed by atoms with Gasteiger partial charge >= 0.3 is 0 Å². The average Bonchev–Trinajstić information content (AvgIpc) is 2.37. The van der Waals surface area contributed by atoms with Crippen molar-refractivity contribution in [2.45, 2.75) is 17.8 Å². The Kier molecular flexibility index (Phi) is 4.25. The quantitative estimate of drug-likeness (QED) is 0.697. The fourth-order valence-electron chi connectivity index (χ4n) is 1.52. The molecule has 0 aliphatic rings. The van der Waals surface area contributed by atoms with Gasteiger partial charge < -0.3 is 4.98 Å². The average molecular weight is 292 g/mol. The van der Waals surface area contributed by atoms with Crippen LogP contribution >= 0.6 is 23.4 Å². The lowest BCUT2D eigenvalue weighted by Crippen LogP contribution is -2.08. The van der Waals surface area contributed by atoms with Crippen LogP contribution in [0.5, 0.6) is 0 Å². The van der Waals surface area contributed by atoms with Gasteiger partial charge in [0, 0.05) is 22.5 Å². The maximum Gasteiger partial charge on any atom is 0.251 e. The molecule has 0 amide bonds. The number of nitrogens with zero attached hydrogens (tertiary/aromatic N) is 2. The lowest BCUT2D eigenvalue weighted by Gasteiger charge is -2.04. The Morgan fingerprint density at radius 3 is 2.95 bits per heavy atom. The molecule has 0 atom stereocenters. The summed E-state index contributed by atoms with van der Waals surface area (Å²) in [7, 11) is 0. The lowest BCUT2D eigenvalue weighted by molar-refractivity contribution is 0.905. The molecule has 0 saturated carbocycles. The Morgan fingerprint density at radius 2 is 2.26 bits per heavy atom. The van der Waals surface area contributed by atoms with Crippen molar-refractivity contribution in [2.75, 3.05) is 0 Å². The number of halogens is 1. The Balaban J connectivity index is 2.19. The zero-order chi connectivity index (χ0) is 13.8. The third kappa shape index (κ3) is 3.60. The first kappa shape index (κ1) is 13.7. The van der Waals surface area contributed by atoms with E-state index < -0.39 is 0 Å². The first-order chi connectivity index (χ1) is 9.08. The minimum absolute atomic E-state index is 0.174. The Hall–Kier alpha value is -1.77. The normalized spacial score (nSPS) is 10.2. The number of rotatable bonds is 3. The number of hydrogen-bond donors (Lipinski definition) is 1. The van der Waals surface area contributed by atoms with E-state index in [2.05, 4.69) is 16.0 Å². The van der Waals surface area contributed by atoms with Crippen LogP contribution in [-0.4, -0.2) is 9.97 Å². The Bertz CT molecular complexity index is 706. The van der Waals surface area contributed by atoms with Gasteiger partial charge in [-0.15, -0.1) is 0 Å². The highest BCUT2D eigenvalue weighted by Crippen LogP contribution is 2.25. The summed E-state index contributed by atoms with van der Waals surface area (Å²) >= 11 is 7.44. The van der Waals surface area contributed by atoms with Gasteiger partial charge in [0.25, 0.3) is 5.56 Å². The number of aromatic nitrogens is 2. The second-order valence-corrected chi connectivity index (χ2v) is 5.27. The van der Waals surface area contributed by atoms with Gasteiger partial charge in [-0.25, -0.2) is 4.98 Å². The van der Waals surface area contributed by atoms with E-state index in [1.807, 2.05) is 0 Å². The third-order valence-electron chi connectivity index (χ3n) is 2.39. The van der Waals surface area contributed by atoms with Crippen LogP contribution in [-0.2, 0) is 5.75 Å². The van der Waals surface area contributed by atoms with E-state index in [1.54, 1.807) is 25.1 Å². The highest BCUT2D eigenvalue weighted by Gasteiger charge is 2.05. The fourth-order valence-corrected chi connectivity index (χ4v) is 2.70. The summed E-state index contributed by atoms with van der Waals surface area (Å²) in [6.45, 7) is 1.77. The molecule has 1 aromatic carbocycles. The topological polar surface area (TPSA) is 69.5 Å². The van der Waals surface area contributed by atoms with E-state index in [0.717, 1.165) is 5.56 Å². The molecule has 4 nitrogen and oxygen atoms in total. The van der Waals surface area contributed by atoms with Gasteiger partial charge in [-0.2, -0.15) is 5.26 Å². The smallest absolute Gasteiger partial charge is 0.251 e. The van der Waals surface area contributed by atoms with Crippen LogP contribution in [0.4, 0.5) is 0 Å². The first-order valence-electron chi connectivity index (χ1n) is 5.48. The monoisotopic (exact) mass is 291 g/mol. The minimum atomic E-state index is -0.174. The van der Waals surface area contributed by atoms with Gasteiger partial charge in [0.15, 0.2) is 5.16 Å². The molecule has 0 spiro atoms. The van der Waals surface area contributed by atoms with Crippen molar-refractivity contribution in [1.82, 2.24) is 9.97 Å². The number of benzene rings is 1. The maximum absolute atomic E-state index is 11.3. The zero-order valence-electron chi connectivity index (χ0n) is 10.1. The zero-order valence-corrected chi connectivity index (χ0v) is 11.7. The SMILES string of the molecule is Cc1cc(=O)[nH]c(SCc2cc(C#N)ccc2Cl)n1. The van der Waals surface area contributed by atoms with Crippen LogP contribution in [0.1, 0.15) is 16.8 Å². The van der Waals surface area contributed by atoms with Crippen LogP contribution < -0.4 is 5.56 Å². The molecule has 96 valence electrons. The van der Waals surface area contributed by atoms with Gasteiger partial charge in [-0.05, 0) is 30.7 Å². The van der Waals surface area contributed by atoms with Crippen molar-refractivity contribution in [3.8, 4) is 6.07 Å². The van der Waals surface area contributed by atoms with Gasteiger partial charge in [-0.3, -0.25) is 4.79 Å². The van der Waals surface area contributed by atoms with Crippen LogP contribution in [0.15, 0.2) is 34.2 Å². The molecular formula is C13H10ClN3OS. The first-order valence-corrected chi connectivity index (χ1v) is 6.84. The summed E-state index contributed by atoms with van der Waals surface area (Å²) in [6.07, 6.45) is 0. The second-order valence-electron chi connectivity index (χ2n) is 3.90. The minimum Gasteiger partial charge on any atom is -0.301 e. The predicted octanol–water partition coefficient (Wildman–Crippen LogP) is 2.90. The molecule has 2 rings (SSSR count). The standard InChI is InChI=1S/C13H10ClN3OS/c1-8-4-12(18)17-13(16-8)19-7-10-5-9(6-15)2-3-11(10)14/h2-5H,7H2,1H3,(H,16,17,18). The second kappa shape index (κ2) is 5.91. The maximum atomic E-state index is 11.3. The molecule has 0 bridgehead atoms. The molecule has 0 unspecified atom stereocenters. The van der Waals surface area contributed by atoms with Crippen molar-refractivity contribution in [2.24, 2.45) is 0 Å². The number of thioether (sulfide) groups is 1. The molecule has 6 heteroatoms. The molecule has 0 saturated heterocycles. The lowest BCUT2D eigenvalue weighted by atomic mass is 10.1. The third-order valence-corrected chi connectivity index (χ3v) is 3.68. The van der Waals surface area contributed by atoms with E-state index in [-0.39, 0.29) is 5.56 Å². The molecule has 1 aromatic heterocycles. The molecule has 19 heavy (non-hydrogen) atoms. The number of hydrogen-bond acceptors (Lipinski definition) is 4. The molecule has 0 aliphatic carbocycles. The molecular weight excluding hydrogens is 282 g/mol.